The molecular formula is C15H11Cl2N3O3S. The van der Waals surface area contributed by atoms with Crippen LogP contribution in [0.2, 0.25) is 10.2 Å². The van der Waals surface area contributed by atoms with Crippen molar-refractivity contribution in [1.29, 1.82) is 0 Å². The highest BCUT2D eigenvalue weighted by Gasteiger charge is 2.24. The van der Waals surface area contributed by atoms with E-state index >= 15 is 0 Å². The maximum atomic E-state index is 12.3. The summed E-state index contributed by atoms with van der Waals surface area (Å²) in [5.74, 6) is -0.929. The molecule has 0 aliphatic carbocycles. The van der Waals surface area contributed by atoms with E-state index in [4.69, 9.17) is 23.2 Å². The molecule has 0 aliphatic rings. The first-order valence-electron chi connectivity index (χ1n) is 6.75. The number of amides is 1. The van der Waals surface area contributed by atoms with Crippen molar-refractivity contribution < 1.29 is 13.2 Å². The van der Waals surface area contributed by atoms with Gasteiger partial charge in [-0.3, -0.25) is 9.20 Å². The maximum absolute atomic E-state index is 12.3. The first-order chi connectivity index (χ1) is 11.3. The molecule has 1 amide bonds. The van der Waals surface area contributed by atoms with E-state index in [2.05, 4.69) is 4.98 Å². The summed E-state index contributed by atoms with van der Waals surface area (Å²) in [5, 5.41) is 0.290. The topological polar surface area (TPSA) is 80.5 Å². The maximum Gasteiger partial charge on any atom is 0.286 e. The molecule has 0 atom stereocenters. The van der Waals surface area contributed by atoms with E-state index < -0.39 is 15.9 Å². The Labute approximate surface area is 148 Å². The number of carbonyl (C=O) groups excluding carboxylic acids is 1. The van der Waals surface area contributed by atoms with Crippen LogP contribution < -0.4 is 4.72 Å². The number of benzene rings is 1. The third-order valence-electron chi connectivity index (χ3n) is 3.25. The minimum atomic E-state index is -4.02. The van der Waals surface area contributed by atoms with Gasteiger partial charge in [0.15, 0.2) is 11.3 Å². The number of aryl methyl sites for hydroxylation is 1. The van der Waals surface area contributed by atoms with Crippen LogP contribution in [0.25, 0.3) is 5.65 Å². The summed E-state index contributed by atoms with van der Waals surface area (Å²) < 4.78 is 27.8. The fourth-order valence-electron chi connectivity index (χ4n) is 2.18. The van der Waals surface area contributed by atoms with Gasteiger partial charge in [0.2, 0.25) is 0 Å². The van der Waals surface area contributed by atoms with Gasteiger partial charge < -0.3 is 0 Å². The molecule has 6 nitrogen and oxygen atoms in total. The van der Waals surface area contributed by atoms with Crippen molar-refractivity contribution in [3.05, 3.63) is 64.0 Å². The van der Waals surface area contributed by atoms with Gasteiger partial charge in [-0.25, -0.2) is 18.1 Å². The number of carbonyl (C=O) groups is 1. The average molecular weight is 384 g/mol. The molecule has 124 valence electrons. The molecule has 0 aliphatic heterocycles. The molecule has 0 saturated heterocycles. The number of hydrogen-bond acceptors (Lipinski definition) is 4. The number of hydrogen-bond donors (Lipinski definition) is 1. The highest BCUT2D eigenvalue weighted by atomic mass is 35.5. The SMILES string of the molecule is Cc1cc(Cl)c2nc(C(=O)NS(=O)(=O)c3ccccc3)c(Cl)n2c1. The molecule has 2 aromatic heterocycles. The van der Waals surface area contributed by atoms with Crippen LogP contribution in [0.15, 0.2) is 47.5 Å². The fourth-order valence-corrected chi connectivity index (χ4v) is 3.71. The Hall–Kier alpha value is -2.09. The second kappa shape index (κ2) is 6.08. The predicted octanol–water partition coefficient (Wildman–Crippen LogP) is 3.07. The van der Waals surface area contributed by atoms with Crippen LogP contribution in [-0.4, -0.2) is 23.7 Å². The van der Waals surface area contributed by atoms with Crippen LogP contribution in [0.1, 0.15) is 16.1 Å². The van der Waals surface area contributed by atoms with Gasteiger partial charge in [-0.1, -0.05) is 41.4 Å². The molecule has 0 unspecified atom stereocenters. The number of aromatic nitrogens is 2. The molecule has 24 heavy (non-hydrogen) atoms. The van der Waals surface area contributed by atoms with E-state index in [0.29, 0.717) is 5.02 Å². The first kappa shape index (κ1) is 16.8. The van der Waals surface area contributed by atoms with Crippen molar-refractivity contribution >= 4 is 44.8 Å². The Balaban J connectivity index is 2.01. The average Bonchev–Trinajstić information content (AvgIpc) is 2.85. The zero-order valence-electron chi connectivity index (χ0n) is 12.3. The Kier molecular flexibility index (Phi) is 4.25. The van der Waals surface area contributed by atoms with E-state index in [9.17, 15) is 13.2 Å². The van der Waals surface area contributed by atoms with Crippen LogP contribution in [0, 0.1) is 6.92 Å². The minimum Gasteiger partial charge on any atom is -0.288 e. The second-order valence-electron chi connectivity index (χ2n) is 5.06. The van der Waals surface area contributed by atoms with Crippen LogP contribution >= 0.6 is 23.2 Å². The largest absolute Gasteiger partial charge is 0.288 e. The van der Waals surface area contributed by atoms with Crippen LogP contribution in [0.3, 0.4) is 0 Å². The lowest BCUT2D eigenvalue weighted by molar-refractivity contribution is 0.0977. The third kappa shape index (κ3) is 2.98. The van der Waals surface area contributed by atoms with Crippen molar-refractivity contribution in [2.75, 3.05) is 0 Å². The normalized spacial score (nSPS) is 11.6. The van der Waals surface area contributed by atoms with E-state index in [1.807, 2.05) is 4.72 Å². The van der Waals surface area contributed by atoms with E-state index in [0.717, 1.165) is 5.56 Å². The van der Waals surface area contributed by atoms with Gasteiger partial charge in [-0.05, 0) is 30.7 Å². The van der Waals surface area contributed by atoms with Crippen molar-refractivity contribution in [1.82, 2.24) is 14.1 Å². The summed E-state index contributed by atoms with van der Waals surface area (Å²) in [6.07, 6.45) is 1.65. The molecule has 0 saturated carbocycles. The lowest BCUT2D eigenvalue weighted by atomic mass is 10.3. The van der Waals surface area contributed by atoms with E-state index in [-0.39, 0.29) is 21.4 Å². The highest BCUT2D eigenvalue weighted by molar-refractivity contribution is 7.90. The highest BCUT2D eigenvalue weighted by Crippen LogP contribution is 2.25. The van der Waals surface area contributed by atoms with E-state index in [1.54, 1.807) is 37.4 Å². The zero-order chi connectivity index (χ0) is 17.5. The molecule has 3 aromatic rings. The van der Waals surface area contributed by atoms with Crippen LogP contribution in [-0.2, 0) is 10.0 Å². The molecule has 2 heterocycles. The van der Waals surface area contributed by atoms with Crippen molar-refractivity contribution in [3.63, 3.8) is 0 Å². The molecule has 0 radical (unpaired) electrons. The summed E-state index contributed by atoms with van der Waals surface area (Å²) in [6, 6.07) is 9.20. The number of sulfonamides is 1. The molecule has 3 rings (SSSR count). The number of fused-ring (bicyclic) bond motifs is 1. The molecule has 1 aromatic carbocycles. The lowest BCUT2D eigenvalue weighted by Crippen LogP contribution is -2.31. The second-order valence-corrected chi connectivity index (χ2v) is 7.51. The van der Waals surface area contributed by atoms with E-state index in [1.165, 1.54) is 16.5 Å². The van der Waals surface area contributed by atoms with Crippen molar-refractivity contribution in [2.45, 2.75) is 11.8 Å². The lowest BCUT2D eigenvalue weighted by Gasteiger charge is -2.05. The summed E-state index contributed by atoms with van der Waals surface area (Å²) >= 11 is 12.2. The number of halogens is 2. The summed E-state index contributed by atoms with van der Waals surface area (Å²) in [6.45, 7) is 1.81. The third-order valence-corrected chi connectivity index (χ3v) is 5.24. The quantitative estimate of drug-likeness (QED) is 0.753. The smallest absolute Gasteiger partial charge is 0.286 e. The first-order valence-corrected chi connectivity index (χ1v) is 8.99. The molecule has 0 spiro atoms. The molecular weight excluding hydrogens is 373 g/mol. The van der Waals surface area contributed by atoms with Crippen LogP contribution in [0.5, 0.6) is 0 Å². The molecule has 1 N–H and O–H groups in total. The minimum absolute atomic E-state index is 0.0173. The van der Waals surface area contributed by atoms with Gasteiger partial charge in [0, 0.05) is 6.20 Å². The number of pyridine rings is 1. The molecule has 0 fully saturated rings. The summed E-state index contributed by atoms with van der Waals surface area (Å²) in [7, 11) is -4.02. The zero-order valence-corrected chi connectivity index (χ0v) is 14.7. The number of nitrogens with zero attached hydrogens (tertiary/aromatic N) is 2. The Morgan fingerprint density at radius 1 is 1.21 bits per heavy atom. The molecule has 9 heteroatoms. The molecule has 0 bridgehead atoms. The van der Waals surface area contributed by atoms with Gasteiger partial charge in [-0.2, -0.15) is 0 Å². The van der Waals surface area contributed by atoms with Gasteiger partial charge in [0.05, 0.1) is 9.92 Å². The summed E-state index contributed by atoms with van der Waals surface area (Å²) in [4.78, 5) is 16.3. The fraction of sp³-hybridized carbons (Fsp3) is 0.0667. The monoisotopic (exact) mass is 383 g/mol. The van der Waals surface area contributed by atoms with Gasteiger partial charge in [-0.15, -0.1) is 0 Å². The number of rotatable bonds is 3. The number of imidazole rings is 1. The van der Waals surface area contributed by atoms with Crippen LogP contribution in [0.4, 0.5) is 0 Å². The Morgan fingerprint density at radius 3 is 2.54 bits per heavy atom. The Bertz CT molecular complexity index is 1050. The van der Waals surface area contributed by atoms with Gasteiger partial charge in [0.1, 0.15) is 5.15 Å². The van der Waals surface area contributed by atoms with Crippen molar-refractivity contribution in [2.24, 2.45) is 0 Å². The van der Waals surface area contributed by atoms with Crippen molar-refractivity contribution in [3.8, 4) is 0 Å². The number of nitrogens with one attached hydrogen (secondary N) is 1. The van der Waals surface area contributed by atoms with Gasteiger partial charge in [0.25, 0.3) is 15.9 Å². The predicted molar refractivity (Wildman–Crippen MR) is 91.0 cm³/mol. The van der Waals surface area contributed by atoms with Gasteiger partial charge >= 0.3 is 0 Å². The standard InChI is InChI=1S/C15H11Cl2N3O3S/c1-9-7-11(16)14-18-12(13(17)20(14)8-9)15(21)19-24(22,23)10-5-3-2-4-6-10/h2-8H,1H3,(H,19,21). The Morgan fingerprint density at radius 2 is 1.88 bits per heavy atom. The summed E-state index contributed by atoms with van der Waals surface area (Å²) in [5.41, 5.74) is 0.869.